The van der Waals surface area contributed by atoms with Crippen LogP contribution in [0.1, 0.15) is 29.7 Å². The molecule has 1 aromatic heterocycles. The summed E-state index contributed by atoms with van der Waals surface area (Å²) < 4.78 is 12.8. The van der Waals surface area contributed by atoms with Crippen LogP contribution in [0.4, 0.5) is 5.69 Å². The molecule has 3 rings (SSSR count). The highest BCUT2D eigenvalue weighted by molar-refractivity contribution is 5.97. The van der Waals surface area contributed by atoms with Crippen LogP contribution >= 0.6 is 0 Å². The molecule has 1 atom stereocenters. The van der Waals surface area contributed by atoms with Gasteiger partial charge in [-0.2, -0.15) is 0 Å². The number of aromatic nitrogens is 1. The summed E-state index contributed by atoms with van der Waals surface area (Å²) >= 11 is 0. The molecule has 3 aromatic rings. The Bertz CT molecular complexity index is 981. The van der Waals surface area contributed by atoms with E-state index >= 15 is 0 Å². The summed E-state index contributed by atoms with van der Waals surface area (Å²) in [5.74, 6) is 1.35. The van der Waals surface area contributed by atoms with E-state index in [4.69, 9.17) is 9.47 Å². The molecule has 5 nitrogen and oxygen atoms in total. The summed E-state index contributed by atoms with van der Waals surface area (Å²) in [5.41, 5.74) is 5.09. The molecule has 0 spiro atoms. The molecule has 1 amide bonds. The minimum atomic E-state index is -0.389. The first-order valence-corrected chi connectivity index (χ1v) is 8.97. The number of methoxy groups -OCH3 is 2. The van der Waals surface area contributed by atoms with Gasteiger partial charge in [0.2, 0.25) is 5.91 Å². The van der Waals surface area contributed by atoms with Gasteiger partial charge in [0.25, 0.3) is 0 Å². The Kier molecular flexibility index (Phi) is 5.13. The van der Waals surface area contributed by atoms with Gasteiger partial charge < -0.3 is 19.4 Å². The average Bonchev–Trinajstić information content (AvgIpc) is 3.06. The van der Waals surface area contributed by atoms with Crippen LogP contribution in [0.15, 0.2) is 36.5 Å². The number of amides is 1. The van der Waals surface area contributed by atoms with Crippen LogP contribution in [0.25, 0.3) is 10.9 Å². The van der Waals surface area contributed by atoms with Gasteiger partial charge in [-0.1, -0.05) is 17.7 Å². The van der Waals surface area contributed by atoms with E-state index in [9.17, 15) is 4.79 Å². The number of carbonyl (C=O) groups is 1. The minimum Gasteiger partial charge on any atom is -0.497 e. The second-order valence-corrected chi connectivity index (χ2v) is 6.92. The molecular formula is C22H26N2O3. The van der Waals surface area contributed by atoms with Crippen molar-refractivity contribution in [3.05, 3.63) is 53.2 Å². The van der Waals surface area contributed by atoms with Crippen molar-refractivity contribution < 1.29 is 14.3 Å². The van der Waals surface area contributed by atoms with Gasteiger partial charge in [0.15, 0.2) is 0 Å². The van der Waals surface area contributed by atoms with E-state index in [2.05, 4.69) is 24.4 Å². The number of carbonyl (C=O) groups excluding carboxylic acids is 1. The number of benzene rings is 2. The SMILES string of the molecule is COc1cc(OC)c2ccn(C(C)C(=O)Nc3c(C)cc(C)cc3C)c2c1. The first kappa shape index (κ1) is 18.8. The molecule has 1 unspecified atom stereocenters. The number of hydrogen-bond donors (Lipinski definition) is 1. The maximum absolute atomic E-state index is 13.0. The van der Waals surface area contributed by atoms with E-state index < -0.39 is 0 Å². The summed E-state index contributed by atoms with van der Waals surface area (Å²) in [6.45, 7) is 7.97. The molecule has 0 saturated carbocycles. The van der Waals surface area contributed by atoms with Crippen molar-refractivity contribution >= 4 is 22.5 Å². The first-order chi connectivity index (χ1) is 12.8. The van der Waals surface area contributed by atoms with Gasteiger partial charge in [0, 0.05) is 29.4 Å². The lowest BCUT2D eigenvalue weighted by Gasteiger charge is -2.19. The largest absolute Gasteiger partial charge is 0.497 e. The second kappa shape index (κ2) is 7.35. The monoisotopic (exact) mass is 366 g/mol. The number of fused-ring (bicyclic) bond motifs is 1. The molecule has 0 bridgehead atoms. The molecule has 27 heavy (non-hydrogen) atoms. The fraction of sp³-hybridized carbons (Fsp3) is 0.318. The molecule has 1 heterocycles. The topological polar surface area (TPSA) is 52.5 Å². The quantitative estimate of drug-likeness (QED) is 0.707. The van der Waals surface area contributed by atoms with E-state index in [-0.39, 0.29) is 11.9 Å². The lowest BCUT2D eigenvalue weighted by atomic mass is 10.0. The fourth-order valence-corrected chi connectivity index (χ4v) is 3.56. The van der Waals surface area contributed by atoms with Crippen LogP contribution in [-0.2, 0) is 4.79 Å². The van der Waals surface area contributed by atoms with Crippen molar-refractivity contribution in [1.82, 2.24) is 4.57 Å². The molecule has 1 N–H and O–H groups in total. The summed E-state index contributed by atoms with van der Waals surface area (Å²) in [4.78, 5) is 13.0. The highest BCUT2D eigenvalue weighted by atomic mass is 16.5. The van der Waals surface area contributed by atoms with Crippen LogP contribution in [-0.4, -0.2) is 24.7 Å². The van der Waals surface area contributed by atoms with Crippen molar-refractivity contribution in [3.8, 4) is 11.5 Å². The Morgan fingerprint density at radius 1 is 1.04 bits per heavy atom. The van der Waals surface area contributed by atoms with Gasteiger partial charge >= 0.3 is 0 Å². The molecule has 0 saturated heterocycles. The zero-order valence-corrected chi connectivity index (χ0v) is 16.7. The predicted octanol–water partition coefficient (Wildman–Crippen LogP) is 4.78. The normalized spacial score (nSPS) is 12.1. The van der Waals surface area contributed by atoms with Crippen molar-refractivity contribution in [3.63, 3.8) is 0 Å². The lowest BCUT2D eigenvalue weighted by Crippen LogP contribution is -2.24. The van der Waals surface area contributed by atoms with E-state index in [1.165, 1.54) is 5.56 Å². The maximum atomic E-state index is 13.0. The summed E-state index contributed by atoms with van der Waals surface area (Å²) in [5, 5.41) is 4.04. The predicted molar refractivity (Wildman–Crippen MR) is 109 cm³/mol. The molecule has 2 aromatic carbocycles. The number of rotatable bonds is 5. The van der Waals surface area contributed by atoms with Gasteiger partial charge in [-0.05, 0) is 44.9 Å². The number of ether oxygens (including phenoxy) is 2. The number of nitrogens with zero attached hydrogens (tertiary/aromatic N) is 1. The van der Waals surface area contributed by atoms with Crippen LogP contribution in [0.5, 0.6) is 11.5 Å². The Morgan fingerprint density at radius 3 is 2.30 bits per heavy atom. The number of hydrogen-bond acceptors (Lipinski definition) is 3. The van der Waals surface area contributed by atoms with Crippen molar-refractivity contribution in [1.29, 1.82) is 0 Å². The molecular weight excluding hydrogens is 340 g/mol. The van der Waals surface area contributed by atoms with E-state index in [1.54, 1.807) is 14.2 Å². The molecule has 142 valence electrons. The summed E-state index contributed by atoms with van der Waals surface area (Å²) in [7, 11) is 3.25. The van der Waals surface area contributed by atoms with Crippen LogP contribution in [0, 0.1) is 20.8 Å². The minimum absolute atomic E-state index is 0.0654. The first-order valence-electron chi connectivity index (χ1n) is 8.97. The number of aryl methyl sites for hydroxylation is 3. The van der Waals surface area contributed by atoms with Crippen molar-refractivity contribution in [2.75, 3.05) is 19.5 Å². The van der Waals surface area contributed by atoms with Gasteiger partial charge in [-0.3, -0.25) is 4.79 Å². The van der Waals surface area contributed by atoms with Crippen molar-refractivity contribution in [2.45, 2.75) is 33.7 Å². The van der Waals surface area contributed by atoms with Crippen LogP contribution in [0.2, 0.25) is 0 Å². The van der Waals surface area contributed by atoms with Gasteiger partial charge in [0.1, 0.15) is 17.5 Å². The number of anilines is 1. The Balaban J connectivity index is 1.96. The Hall–Kier alpha value is -2.95. The standard InChI is InChI=1S/C22H26N2O3/c1-13-9-14(2)21(15(3)10-13)23-22(25)16(4)24-8-7-18-19(24)11-17(26-5)12-20(18)27-6/h7-12,16H,1-6H3,(H,23,25). The third-order valence-electron chi connectivity index (χ3n) is 4.95. The third kappa shape index (κ3) is 3.50. The second-order valence-electron chi connectivity index (χ2n) is 6.92. The van der Waals surface area contributed by atoms with E-state index in [1.807, 2.05) is 49.7 Å². The zero-order chi connectivity index (χ0) is 19.7. The maximum Gasteiger partial charge on any atom is 0.247 e. The number of nitrogens with one attached hydrogen (secondary N) is 1. The summed E-state index contributed by atoms with van der Waals surface area (Å²) in [6.07, 6.45) is 1.91. The smallest absolute Gasteiger partial charge is 0.247 e. The van der Waals surface area contributed by atoms with Crippen molar-refractivity contribution in [2.24, 2.45) is 0 Å². The van der Waals surface area contributed by atoms with Gasteiger partial charge in [-0.25, -0.2) is 0 Å². The molecule has 5 heteroatoms. The Morgan fingerprint density at radius 2 is 1.70 bits per heavy atom. The van der Waals surface area contributed by atoms with Gasteiger partial charge in [-0.15, -0.1) is 0 Å². The molecule has 0 aliphatic heterocycles. The van der Waals surface area contributed by atoms with Crippen LogP contribution in [0.3, 0.4) is 0 Å². The molecule has 0 radical (unpaired) electrons. The molecule has 0 fully saturated rings. The molecule has 0 aliphatic carbocycles. The van der Waals surface area contributed by atoms with E-state index in [0.29, 0.717) is 5.75 Å². The fourth-order valence-electron chi connectivity index (χ4n) is 3.56. The highest BCUT2D eigenvalue weighted by Crippen LogP contribution is 2.33. The lowest BCUT2D eigenvalue weighted by molar-refractivity contribution is -0.118. The zero-order valence-electron chi connectivity index (χ0n) is 16.7. The Labute approximate surface area is 159 Å². The van der Waals surface area contributed by atoms with E-state index in [0.717, 1.165) is 33.5 Å². The van der Waals surface area contributed by atoms with Gasteiger partial charge in [0.05, 0.1) is 19.7 Å². The van der Waals surface area contributed by atoms with Crippen LogP contribution < -0.4 is 14.8 Å². The summed E-state index contributed by atoms with van der Waals surface area (Å²) in [6, 6.07) is 9.49. The highest BCUT2D eigenvalue weighted by Gasteiger charge is 2.20. The average molecular weight is 366 g/mol. The molecule has 0 aliphatic rings. The third-order valence-corrected chi connectivity index (χ3v) is 4.95.